The van der Waals surface area contributed by atoms with Gasteiger partial charge in [-0.3, -0.25) is 4.90 Å². The minimum absolute atomic E-state index is 0.0745. The van der Waals surface area contributed by atoms with E-state index in [0.717, 1.165) is 25.2 Å². The van der Waals surface area contributed by atoms with Crippen LogP contribution in [0.3, 0.4) is 0 Å². The van der Waals surface area contributed by atoms with Crippen LogP contribution in [-0.4, -0.2) is 54.6 Å². The number of likely N-dealkylation sites (tertiary alicyclic amines) is 2. The number of nitrogens with zero attached hydrogens (tertiary/aromatic N) is 2. The van der Waals surface area contributed by atoms with Crippen molar-refractivity contribution in [3.63, 3.8) is 0 Å². The lowest BCUT2D eigenvalue weighted by Gasteiger charge is -2.38. The van der Waals surface area contributed by atoms with Crippen LogP contribution in [0.15, 0.2) is 24.3 Å². The molecule has 0 aliphatic carbocycles. The number of hydrogen-bond acceptors (Lipinski definition) is 3. The van der Waals surface area contributed by atoms with Crippen LogP contribution in [0.1, 0.15) is 38.2 Å². The van der Waals surface area contributed by atoms with E-state index >= 15 is 0 Å². The fourth-order valence-electron chi connectivity index (χ4n) is 3.95. The molecule has 2 saturated heterocycles. The van der Waals surface area contributed by atoms with Gasteiger partial charge in [0.2, 0.25) is 0 Å². The van der Waals surface area contributed by atoms with Crippen molar-refractivity contribution < 1.29 is 4.39 Å². The van der Waals surface area contributed by atoms with E-state index in [1.165, 1.54) is 45.3 Å². The molecule has 2 aliphatic rings. The molecule has 0 bridgehead atoms. The summed E-state index contributed by atoms with van der Waals surface area (Å²) in [5.41, 5.74) is 0.824. The molecule has 1 aromatic rings. The molecule has 0 amide bonds. The highest BCUT2D eigenvalue weighted by molar-refractivity contribution is 5.17. The van der Waals surface area contributed by atoms with Crippen molar-refractivity contribution in [1.29, 1.82) is 0 Å². The zero-order chi connectivity index (χ0) is 16.1. The van der Waals surface area contributed by atoms with Crippen LogP contribution in [0.4, 0.5) is 4.39 Å². The van der Waals surface area contributed by atoms with Crippen molar-refractivity contribution in [2.24, 2.45) is 0 Å². The summed E-state index contributed by atoms with van der Waals surface area (Å²) in [6, 6.07) is 8.40. The molecular weight excluding hydrogens is 289 g/mol. The number of rotatable bonds is 5. The van der Waals surface area contributed by atoms with Gasteiger partial charge in [0.15, 0.2) is 0 Å². The maximum absolute atomic E-state index is 13.8. The summed E-state index contributed by atoms with van der Waals surface area (Å²) >= 11 is 0. The van der Waals surface area contributed by atoms with E-state index in [9.17, 15) is 4.39 Å². The van der Waals surface area contributed by atoms with E-state index < -0.39 is 0 Å². The predicted molar refractivity (Wildman–Crippen MR) is 93.0 cm³/mol. The summed E-state index contributed by atoms with van der Waals surface area (Å²) in [5, 5.41) is 3.87. The molecular formula is C19H30FN3. The van der Waals surface area contributed by atoms with Gasteiger partial charge < -0.3 is 10.2 Å². The molecule has 0 spiro atoms. The summed E-state index contributed by atoms with van der Waals surface area (Å²) in [7, 11) is 0. The van der Waals surface area contributed by atoms with E-state index in [0.29, 0.717) is 12.1 Å². The molecule has 1 N–H and O–H groups in total. The molecule has 2 fully saturated rings. The average molecular weight is 319 g/mol. The third-order valence-corrected chi connectivity index (χ3v) is 5.36. The first-order valence-corrected chi connectivity index (χ1v) is 9.18. The first kappa shape index (κ1) is 16.9. The predicted octanol–water partition coefficient (Wildman–Crippen LogP) is 2.86. The van der Waals surface area contributed by atoms with Gasteiger partial charge >= 0.3 is 0 Å². The lowest BCUT2D eigenvalue weighted by molar-refractivity contribution is 0.150. The van der Waals surface area contributed by atoms with Gasteiger partial charge in [-0.05, 0) is 57.9 Å². The Labute approximate surface area is 139 Å². The average Bonchev–Trinajstić information content (AvgIpc) is 2.58. The number of halogens is 1. The van der Waals surface area contributed by atoms with Crippen molar-refractivity contribution in [3.05, 3.63) is 35.6 Å². The lowest BCUT2D eigenvalue weighted by atomic mass is 9.99. The fourth-order valence-corrected chi connectivity index (χ4v) is 3.95. The highest BCUT2D eigenvalue weighted by Crippen LogP contribution is 2.18. The number of hydrogen-bond donors (Lipinski definition) is 1. The minimum Gasteiger partial charge on any atom is -0.310 e. The van der Waals surface area contributed by atoms with Crippen molar-refractivity contribution in [3.8, 4) is 0 Å². The Morgan fingerprint density at radius 2 is 1.83 bits per heavy atom. The normalized spacial score (nSPS) is 24.9. The highest BCUT2D eigenvalue weighted by Gasteiger charge is 2.25. The fraction of sp³-hybridized carbons (Fsp3) is 0.684. The van der Waals surface area contributed by atoms with Crippen LogP contribution in [0.2, 0.25) is 0 Å². The zero-order valence-corrected chi connectivity index (χ0v) is 14.3. The van der Waals surface area contributed by atoms with E-state index in [1.807, 2.05) is 12.1 Å². The Morgan fingerprint density at radius 3 is 2.57 bits per heavy atom. The third-order valence-electron chi connectivity index (χ3n) is 5.36. The van der Waals surface area contributed by atoms with E-state index in [-0.39, 0.29) is 5.82 Å². The van der Waals surface area contributed by atoms with Crippen LogP contribution in [0, 0.1) is 5.82 Å². The van der Waals surface area contributed by atoms with Crippen LogP contribution < -0.4 is 5.32 Å². The molecule has 3 nitrogen and oxygen atoms in total. The van der Waals surface area contributed by atoms with E-state index in [4.69, 9.17) is 0 Å². The van der Waals surface area contributed by atoms with Gasteiger partial charge in [0.1, 0.15) is 5.82 Å². The van der Waals surface area contributed by atoms with Gasteiger partial charge in [-0.1, -0.05) is 25.1 Å². The van der Waals surface area contributed by atoms with E-state index in [1.54, 1.807) is 12.1 Å². The summed E-state index contributed by atoms with van der Waals surface area (Å²) in [5.74, 6) is -0.0745. The maximum atomic E-state index is 13.8. The van der Waals surface area contributed by atoms with E-state index in [2.05, 4.69) is 22.0 Å². The first-order chi connectivity index (χ1) is 11.2. The standard InChI is InChI=1S/C19H30FN3/c1-2-22-12-9-17(10-13-22)21-18-7-5-11-23(15-18)14-16-6-3-4-8-19(16)20/h3-4,6,8,17-18,21H,2,5,7,9-15H2,1H3/t18-/m0/s1. The molecule has 128 valence electrons. The molecule has 0 radical (unpaired) electrons. The van der Waals surface area contributed by atoms with Crippen LogP contribution >= 0.6 is 0 Å². The summed E-state index contributed by atoms with van der Waals surface area (Å²) in [4.78, 5) is 4.93. The number of piperidine rings is 2. The molecule has 4 heteroatoms. The van der Waals surface area contributed by atoms with Crippen molar-refractivity contribution in [2.45, 2.75) is 51.2 Å². The second kappa shape index (κ2) is 8.22. The van der Waals surface area contributed by atoms with Gasteiger partial charge in [0.25, 0.3) is 0 Å². The molecule has 0 aromatic heterocycles. The highest BCUT2D eigenvalue weighted by atomic mass is 19.1. The van der Waals surface area contributed by atoms with Gasteiger partial charge in [-0.15, -0.1) is 0 Å². The second-order valence-corrected chi connectivity index (χ2v) is 7.04. The Bertz CT molecular complexity index is 485. The molecule has 1 atom stereocenters. The molecule has 0 unspecified atom stereocenters. The number of nitrogens with one attached hydrogen (secondary N) is 1. The number of benzene rings is 1. The molecule has 23 heavy (non-hydrogen) atoms. The monoisotopic (exact) mass is 319 g/mol. The summed E-state index contributed by atoms with van der Waals surface area (Å²) in [6.45, 7) is 8.73. The van der Waals surface area contributed by atoms with Gasteiger partial charge in [-0.25, -0.2) is 4.39 Å². The minimum atomic E-state index is -0.0745. The SMILES string of the molecule is CCN1CCC(N[C@H]2CCCN(Cc3ccccc3F)C2)CC1. The van der Waals surface area contributed by atoms with Gasteiger partial charge in [-0.2, -0.15) is 0 Å². The van der Waals surface area contributed by atoms with Crippen LogP contribution in [-0.2, 0) is 6.54 Å². The van der Waals surface area contributed by atoms with Crippen LogP contribution in [0.25, 0.3) is 0 Å². The Balaban J connectivity index is 1.48. The van der Waals surface area contributed by atoms with Gasteiger partial charge in [0.05, 0.1) is 0 Å². The van der Waals surface area contributed by atoms with Crippen molar-refractivity contribution in [2.75, 3.05) is 32.7 Å². The Kier molecular flexibility index (Phi) is 6.03. The second-order valence-electron chi connectivity index (χ2n) is 7.04. The summed E-state index contributed by atoms with van der Waals surface area (Å²) < 4.78 is 13.8. The molecule has 1 aromatic carbocycles. The molecule has 0 saturated carbocycles. The topological polar surface area (TPSA) is 18.5 Å². The third kappa shape index (κ3) is 4.75. The largest absolute Gasteiger partial charge is 0.310 e. The molecule has 3 rings (SSSR count). The van der Waals surface area contributed by atoms with Crippen molar-refractivity contribution in [1.82, 2.24) is 15.1 Å². The Morgan fingerprint density at radius 1 is 1.04 bits per heavy atom. The Hall–Kier alpha value is -0.970. The summed E-state index contributed by atoms with van der Waals surface area (Å²) in [6.07, 6.45) is 4.98. The quantitative estimate of drug-likeness (QED) is 0.900. The van der Waals surface area contributed by atoms with Crippen molar-refractivity contribution >= 4 is 0 Å². The zero-order valence-electron chi connectivity index (χ0n) is 14.3. The lowest BCUT2D eigenvalue weighted by Crippen LogP contribution is -2.51. The van der Waals surface area contributed by atoms with Crippen LogP contribution in [0.5, 0.6) is 0 Å². The first-order valence-electron chi connectivity index (χ1n) is 9.18. The molecule has 2 heterocycles. The smallest absolute Gasteiger partial charge is 0.127 e. The maximum Gasteiger partial charge on any atom is 0.127 e. The van der Waals surface area contributed by atoms with Gasteiger partial charge in [0, 0.05) is 30.7 Å². The molecule has 2 aliphatic heterocycles.